The number of hydrogen-bond donors (Lipinski definition) is 1. The van der Waals surface area contributed by atoms with Gasteiger partial charge in [0.1, 0.15) is 5.03 Å². The summed E-state index contributed by atoms with van der Waals surface area (Å²) in [5, 5.41) is 6.53. The molecule has 96 valence electrons. The zero-order chi connectivity index (χ0) is 13.0. The standard InChI is InChI=1S/C13H17N3S2/c1-9(2)15-7-11-5-4-6-14-12(11)18-13-16-10(3)8-17-13/h4-6,8-9,15H,7H2,1-3H3. The summed E-state index contributed by atoms with van der Waals surface area (Å²) < 4.78 is 1.05. The summed E-state index contributed by atoms with van der Waals surface area (Å²) in [5.74, 6) is 0. The molecule has 0 fully saturated rings. The van der Waals surface area contributed by atoms with Gasteiger partial charge in [-0.05, 0) is 30.3 Å². The predicted molar refractivity (Wildman–Crippen MR) is 77.2 cm³/mol. The van der Waals surface area contributed by atoms with Crippen molar-refractivity contribution < 1.29 is 0 Å². The molecule has 0 saturated heterocycles. The van der Waals surface area contributed by atoms with Gasteiger partial charge in [-0.1, -0.05) is 19.9 Å². The normalized spacial score (nSPS) is 11.1. The average Bonchev–Trinajstić information content (AvgIpc) is 2.73. The summed E-state index contributed by atoms with van der Waals surface area (Å²) in [6.45, 7) is 7.15. The minimum atomic E-state index is 0.477. The molecule has 0 atom stereocenters. The van der Waals surface area contributed by atoms with Gasteiger partial charge < -0.3 is 5.32 Å². The van der Waals surface area contributed by atoms with Crippen LogP contribution in [0.2, 0.25) is 0 Å². The van der Waals surface area contributed by atoms with Crippen molar-refractivity contribution in [3.05, 3.63) is 35.0 Å². The predicted octanol–water partition coefficient (Wildman–Crippen LogP) is 3.50. The van der Waals surface area contributed by atoms with Crippen molar-refractivity contribution in [3.63, 3.8) is 0 Å². The molecule has 0 spiro atoms. The van der Waals surface area contributed by atoms with Crippen molar-refractivity contribution in [2.75, 3.05) is 0 Å². The number of thiazole rings is 1. The van der Waals surface area contributed by atoms with Crippen molar-refractivity contribution in [1.29, 1.82) is 0 Å². The van der Waals surface area contributed by atoms with Gasteiger partial charge in [0, 0.05) is 29.9 Å². The maximum Gasteiger partial charge on any atom is 0.156 e. The summed E-state index contributed by atoms with van der Waals surface area (Å²) in [7, 11) is 0. The van der Waals surface area contributed by atoms with Gasteiger partial charge in [0.15, 0.2) is 4.34 Å². The molecule has 3 nitrogen and oxygen atoms in total. The fourth-order valence-corrected chi connectivity index (χ4v) is 3.26. The number of pyridine rings is 1. The molecule has 0 saturated carbocycles. The lowest BCUT2D eigenvalue weighted by molar-refractivity contribution is 0.582. The second-order valence-electron chi connectivity index (χ2n) is 4.36. The van der Waals surface area contributed by atoms with E-state index in [1.807, 2.05) is 19.2 Å². The molecular weight excluding hydrogens is 262 g/mol. The molecule has 18 heavy (non-hydrogen) atoms. The average molecular weight is 279 g/mol. The fourth-order valence-electron chi connectivity index (χ4n) is 1.43. The molecule has 1 N–H and O–H groups in total. The molecule has 2 aromatic heterocycles. The number of nitrogens with zero attached hydrogens (tertiary/aromatic N) is 2. The highest BCUT2D eigenvalue weighted by Crippen LogP contribution is 2.30. The van der Waals surface area contributed by atoms with Crippen molar-refractivity contribution >= 4 is 23.1 Å². The molecule has 0 amide bonds. The molecule has 0 aliphatic heterocycles. The van der Waals surface area contributed by atoms with Gasteiger partial charge in [-0.25, -0.2) is 9.97 Å². The van der Waals surface area contributed by atoms with E-state index >= 15 is 0 Å². The highest BCUT2D eigenvalue weighted by atomic mass is 32.2. The largest absolute Gasteiger partial charge is 0.310 e. The van der Waals surface area contributed by atoms with Gasteiger partial charge in [-0.15, -0.1) is 11.3 Å². The van der Waals surface area contributed by atoms with Crippen LogP contribution in [0.5, 0.6) is 0 Å². The number of hydrogen-bond acceptors (Lipinski definition) is 5. The first kappa shape index (κ1) is 13.5. The first-order valence-electron chi connectivity index (χ1n) is 5.92. The van der Waals surface area contributed by atoms with Crippen molar-refractivity contribution in [2.24, 2.45) is 0 Å². The number of aromatic nitrogens is 2. The lowest BCUT2D eigenvalue weighted by Gasteiger charge is -2.10. The van der Waals surface area contributed by atoms with Gasteiger partial charge in [0.05, 0.1) is 0 Å². The first-order valence-corrected chi connectivity index (χ1v) is 7.62. The molecule has 0 aliphatic rings. The fraction of sp³-hybridized carbons (Fsp3) is 0.385. The molecule has 0 bridgehead atoms. The summed E-state index contributed by atoms with van der Waals surface area (Å²) in [6.07, 6.45) is 1.83. The van der Waals surface area contributed by atoms with Gasteiger partial charge in [0.2, 0.25) is 0 Å². The van der Waals surface area contributed by atoms with E-state index in [9.17, 15) is 0 Å². The number of rotatable bonds is 5. The lowest BCUT2D eigenvalue weighted by Crippen LogP contribution is -2.22. The Morgan fingerprint density at radius 2 is 2.28 bits per heavy atom. The smallest absolute Gasteiger partial charge is 0.156 e. The van der Waals surface area contributed by atoms with Gasteiger partial charge >= 0.3 is 0 Å². The van der Waals surface area contributed by atoms with Gasteiger partial charge in [-0.3, -0.25) is 0 Å². The van der Waals surface area contributed by atoms with Crippen LogP contribution in [0, 0.1) is 6.92 Å². The topological polar surface area (TPSA) is 37.8 Å². The monoisotopic (exact) mass is 279 g/mol. The van der Waals surface area contributed by atoms with Crippen LogP contribution in [0.1, 0.15) is 25.1 Å². The van der Waals surface area contributed by atoms with E-state index in [0.717, 1.165) is 21.6 Å². The molecule has 5 heteroatoms. The Labute approximate surface area is 116 Å². The maximum absolute atomic E-state index is 4.46. The summed E-state index contributed by atoms with van der Waals surface area (Å²) in [4.78, 5) is 8.91. The van der Waals surface area contributed by atoms with E-state index in [2.05, 4.69) is 40.6 Å². The quantitative estimate of drug-likeness (QED) is 0.909. The summed E-state index contributed by atoms with van der Waals surface area (Å²) >= 11 is 3.31. The highest BCUT2D eigenvalue weighted by molar-refractivity contribution is 8.01. The van der Waals surface area contributed by atoms with Crippen LogP contribution in [0.3, 0.4) is 0 Å². The Hall–Kier alpha value is -0.910. The van der Waals surface area contributed by atoms with Gasteiger partial charge in [0.25, 0.3) is 0 Å². The minimum Gasteiger partial charge on any atom is -0.310 e. The minimum absolute atomic E-state index is 0.477. The lowest BCUT2D eigenvalue weighted by atomic mass is 10.2. The van der Waals surface area contributed by atoms with Crippen LogP contribution in [0.4, 0.5) is 0 Å². The molecule has 0 radical (unpaired) electrons. The third-order valence-corrected chi connectivity index (χ3v) is 4.45. The molecule has 2 aromatic rings. The third-order valence-electron chi connectivity index (χ3n) is 2.33. The Morgan fingerprint density at radius 3 is 2.94 bits per heavy atom. The third kappa shape index (κ3) is 3.80. The van der Waals surface area contributed by atoms with Crippen LogP contribution in [-0.4, -0.2) is 16.0 Å². The van der Waals surface area contributed by atoms with E-state index in [0.29, 0.717) is 6.04 Å². The van der Waals surface area contributed by atoms with E-state index in [1.54, 1.807) is 23.1 Å². The van der Waals surface area contributed by atoms with Crippen molar-refractivity contribution in [1.82, 2.24) is 15.3 Å². The molecule has 0 unspecified atom stereocenters. The van der Waals surface area contributed by atoms with Crippen LogP contribution in [0.15, 0.2) is 33.1 Å². The van der Waals surface area contributed by atoms with E-state index in [1.165, 1.54) is 5.56 Å². The summed E-state index contributed by atoms with van der Waals surface area (Å²) in [6, 6.07) is 4.57. The SMILES string of the molecule is Cc1csc(Sc2ncccc2CNC(C)C)n1. The first-order chi connectivity index (χ1) is 8.65. The second-order valence-corrected chi connectivity index (χ2v) is 6.45. The zero-order valence-electron chi connectivity index (χ0n) is 10.8. The highest BCUT2D eigenvalue weighted by Gasteiger charge is 2.08. The van der Waals surface area contributed by atoms with Crippen molar-refractivity contribution in [3.8, 4) is 0 Å². The van der Waals surface area contributed by atoms with Crippen molar-refractivity contribution in [2.45, 2.75) is 42.7 Å². The number of nitrogens with one attached hydrogen (secondary N) is 1. The molecule has 0 aliphatic carbocycles. The van der Waals surface area contributed by atoms with E-state index in [-0.39, 0.29) is 0 Å². The second kappa shape index (κ2) is 6.31. The zero-order valence-corrected chi connectivity index (χ0v) is 12.4. The number of aryl methyl sites for hydroxylation is 1. The van der Waals surface area contributed by atoms with E-state index < -0.39 is 0 Å². The van der Waals surface area contributed by atoms with Crippen LogP contribution in [0.25, 0.3) is 0 Å². The van der Waals surface area contributed by atoms with Crippen LogP contribution >= 0.6 is 23.1 Å². The molecule has 0 aromatic carbocycles. The van der Waals surface area contributed by atoms with Crippen LogP contribution < -0.4 is 5.32 Å². The van der Waals surface area contributed by atoms with Gasteiger partial charge in [-0.2, -0.15) is 0 Å². The maximum atomic E-state index is 4.46. The Kier molecular flexibility index (Phi) is 4.74. The molecule has 2 rings (SSSR count). The van der Waals surface area contributed by atoms with E-state index in [4.69, 9.17) is 0 Å². The Balaban J connectivity index is 2.11. The molecule has 2 heterocycles. The Morgan fingerprint density at radius 1 is 1.44 bits per heavy atom. The van der Waals surface area contributed by atoms with Crippen LogP contribution in [-0.2, 0) is 6.54 Å². The summed E-state index contributed by atoms with van der Waals surface area (Å²) in [5.41, 5.74) is 2.30. The molecular formula is C13H17N3S2. The Bertz CT molecular complexity index is 508.